The van der Waals surface area contributed by atoms with E-state index in [9.17, 15) is 5.11 Å². The van der Waals surface area contributed by atoms with Gasteiger partial charge in [-0.05, 0) is 17.7 Å². The molecule has 0 spiro atoms. The highest BCUT2D eigenvalue weighted by Gasteiger charge is 2.12. The van der Waals surface area contributed by atoms with Gasteiger partial charge in [-0.1, -0.05) is 30.2 Å². The van der Waals surface area contributed by atoms with Crippen LogP contribution in [0.4, 0.5) is 0 Å². The minimum absolute atomic E-state index is 0.271. The molecule has 1 N–H and O–H groups in total. The summed E-state index contributed by atoms with van der Waals surface area (Å²) in [6, 6.07) is 7.60. The van der Waals surface area contributed by atoms with Gasteiger partial charge in [0.2, 0.25) is 0 Å². The van der Waals surface area contributed by atoms with Crippen LogP contribution in [0.1, 0.15) is 5.56 Å². The highest BCUT2D eigenvalue weighted by atomic mass is 16.5. The third kappa shape index (κ3) is 5.60. The van der Waals surface area contributed by atoms with Gasteiger partial charge in [-0.25, -0.2) is 0 Å². The average molecular weight is 287 g/mol. The maximum atomic E-state index is 10.0. The normalized spacial score (nSPS) is 17.5. The van der Waals surface area contributed by atoms with E-state index in [0.717, 1.165) is 37.6 Å². The number of morpholine rings is 1. The molecule has 1 fully saturated rings. The average Bonchev–Trinajstić information content (AvgIpc) is 2.53. The van der Waals surface area contributed by atoms with Crippen LogP contribution in [-0.4, -0.2) is 55.6 Å². The summed E-state index contributed by atoms with van der Waals surface area (Å²) in [5, 5.41) is 10.0. The predicted molar refractivity (Wildman–Crippen MR) is 83.1 cm³/mol. The molecule has 2 rings (SSSR count). The van der Waals surface area contributed by atoms with Crippen molar-refractivity contribution in [3.8, 4) is 18.1 Å². The Morgan fingerprint density at radius 3 is 2.71 bits per heavy atom. The summed E-state index contributed by atoms with van der Waals surface area (Å²) in [6.07, 6.45) is 8.39. The molecule has 4 heteroatoms. The van der Waals surface area contributed by atoms with E-state index in [0.29, 0.717) is 6.54 Å². The van der Waals surface area contributed by atoms with E-state index >= 15 is 0 Å². The number of terminal acetylenes is 1. The number of aliphatic hydroxyl groups is 1. The van der Waals surface area contributed by atoms with Crippen molar-refractivity contribution in [2.24, 2.45) is 0 Å². The van der Waals surface area contributed by atoms with Gasteiger partial charge in [0, 0.05) is 19.6 Å². The summed E-state index contributed by atoms with van der Waals surface area (Å²) in [5.74, 6) is 3.18. The van der Waals surface area contributed by atoms with Crippen LogP contribution in [0.5, 0.6) is 5.75 Å². The van der Waals surface area contributed by atoms with Gasteiger partial charge in [0.25, 0.3) is 0 Å². The second-order valence-electron chi connectivity index (χ2n) is 4.90. The first-order valence-corrected chi connectivity index (χ1v) is 7.10. The lowest BCUT2D eigenvalue weighted by Gasteiger charge is -2.27. The quantitative estimate of drug-likeness (QED) is 0.803. The molecule has 112 valence electrons. The van der Waals surface area contributed by atoms with Crippen molar-refractivity contribution >= 4 is 6.08 Å². The van der Waals surface area contributed by atoms with Crippen LogP contribution in [0.15, 0.2) is 30.3 Å². The molecule has 1 aliphatic rings. The molecule has 21 heavy (non-hydrogen) atoms. The van der Waals surface area contributed by atoms with Crippen molar-refractivity contribution in [2.45, 2.75) is 6.10 Å². The first kappa shape index (κ1) is 15.6. The molecule has 0 radical (unpaired) electrons. The Balaban J connectivity index is 1.80. The summed E-state index contributed by atoms with van der Waals surface area (Å²) in [6.45, 7) is 4.17. The highest BCUT2D eigenvalue weighted by Crippen LogP contribution is 2.13. The SMILES string of the molecule is C#CCOc1ccc(/C=C/C(O)CN2CCOCC2)cc1. The Kier molecular flexibility index (Phi) is 6.29. The van der Waals surface area contributed by atoms with Gasteiger partial charge in [-0.15, -0.1) is 6.42 Å². The van der Waals surface area contributed by atoms with Crippen LogP contribution < -0.4 is 4.74 Å². The van der Waals surface area contributed by atoms with Crippen molar-refractivity contribution in [1.82, 2.24) is 4.90 Å². The molecule has 1 atom stereocenters. The maximum Gasteiger partial charge on any atom is 0.148 e. The molecular formula is C17H21NO3. The van der Waals surface area contributed by atoms with Gasteiger partial charge >= 0.3 is 0 Å². The Hall–Kier alpha value is -1.80. The molecule has 1 aliphatic heterocycles. The lowest BCUT2D eigenvalue weighted by Crippen LogP contribution is -2.40. The summed E-state index contributed by atoms with van der Waals surface area (Å²) in [7, 11) is 0. The Bertz CT molecular complexity index is 484. The molecule has 0 aromatic heterocycles. The number of benzene rings is 1. The van der Waals surface area contributed by atoms with Gasteiger partial charge in [0.05, 0.1) is 19.3 Å². The molecule has 0 aliphatic carbocycles. The van der Waals surface area contributed by atoms with Crippen LogP contribution in [-0.2, 0) is 4.74 Å². The van der Waals surface area contributed by atoms with Gasteiger partial charge in [-0.2, -0.15) is 0 Å². The number of ether oxygens (including phenoxy) is 2. The number of β-amino-alcohol motifs (C(OH)–C–C–N with tert-alkyl or cyclic N) is 1. The molecule has 4 nitrogen and oxygen atoms in total. The summed E-state index contributed by atoms with van der Waals surface area (Å²) < 4.78 is 10.6. The topological polar surface area (TPSA) is 41.9 Å². The summed E-state index contributed by atoms with van der Waals surface area (Å²) in [4.78, 5) is 2.20. The van der Waals surface area contributed by atoms with E-state index in [1.807, 2.05) is 36.4 Å². The standard InChI is InChI=1S/C17H21NO3/c1-2-11-21-17-7-4-15(5-8-17)3-6-16(19)14-18-9-12-20-13-10-18/h1,3-8,16,19H,9-14H2/b6-3+. The first-order valence-electron chi connectivity index (χ1n) is 7.10. The van der Waals surface area contributed by atoms with E-state index in [1.165, 1.54) is 0 Å². The van der Waals surface area contributed by atoms with Crippen molar-refractivity contribution in [3.05, 3.63) is 35.9 Å². The minimum Gasteiger partial charge on any atom is -0.481 e. The molecule has 0 saturated carbocycles. The largest absolute Gasteiger partial charge is 0.481 e. The Labute approximate surface area is 126 Å². The van der Waals surface area contributed by atoms with Gasteiger partial charge in [0.1, 0.15) is 12.4 Å². The molecule has 1 saturated heterocycles. The van der Waals surface area contributed by atoms with Crippen LogP contribution in [0.25, 0.3) is 6.08 Å². The van der Waals surface area contributed by atoms with E-state index in [-0.39, 0.29) is 6.61 Å². The fourth-order valence-corrected chi connectivity index (χ4v) is 2.13. The smallest absolute Gasteiger partial charge is 0.148 e. The fourth-order valence-electron chi connectivity index (χ4n) is 2.13. The van der Waals surface area contributed by atoms with Crippen LogP contribution in [0.2, 0.25) is 0 Å². The number of hydrogen-bond acceptors (Lipinski definition) is 4. The number of hydrogen-bond donors (Lipinski definition) is 1. The first-order chi connectivity index (χ1) is 10.3. The third-order valence-electron chi connectivity index (χ3n) is 3.26. The fraction of sp³-hybridized carbons (Fsp3) is 0.412. The van der Waals surface area contributed by atoms with Crippen molar-refractivity contribution in [3.63, 3.8) is 0 Å². The zero-order valence-corrected chi connectivity index (χ0v) is 12.1. The van der Waals surface area contributed by atoms with E-state index in [1.54, 1.807) is 0 Å². The maximum absolute atomic E-state index is 10.0. The number of nitrogens with zero attached hydrogens (tertiary/aromatic N) is 1. The summed E-state index contributed by atoms with van der Waals surface area (Å²) >= 11 is 0. The van der Waals surface area contributed by atoms with Gasteiger partial charge in [-0.3, -0.25) is 4.90 Å². The van der Waals surface area contributed by atoms with Crippen LogP contribution >= 0.6 is 0 Å². The molecule has 1 unspecified atom stereocenters. The third-order valence-corrected chi connectivity index (χ3v) is 3.26. The number of rotatable bonds is 6. The lowest BCUT2D eigenvalue weighted by molar-refractivity contribution is 0.0223. The second kappa shape index (κ2) is 8.48. The zero-order valence-electron chi connectivity index (χ0n) is 12.1. The van der Waals surface area contributed by atoms with Crippen LogP contribution in [0.3, 0.4) is 0 Å². The highest BCUT2D eigenvalue weighted by molar-refractivity contribution is 5.51. The van der Waals surface area contributed by atoms with E-state index < -0.39 is 6.10 Å². The number of aliphatic hydroxyl groups excluding tert-OH is 1. The van der Waals surface area contributed by atoms with E-state index in [2.05, 4.69) is 10.8 Å². The van der Waals surface area contributed by atoms with Crippen molar-refractivity contribution in [1.29, 1.82) is 0 Å². The van der Waals surface area contributed by atoms with Crippen molar-refractivity contribution < 1.29 is 14.6 Å². The van der Waals surface area contributed by atoms with Gasteiger partial charge in [0.15, 0.2) is 0 Å². The molecular weight excluding hydrogens is 266 g/mol. The predicted octanol–water partition coefficient (Wildman–Crippen LogP) is 1.40. The van der Waals surface area contributed by atoms with Crippen molar-refractivity contribution in [2.75, 3.05) is 39.5 Å². The lowest BCUT2D eigenvalue weighted by atomic mass is 10.1. The molecule has 1 heterocycles. The Morgan fingerprint density at radius 2 is 2.05 bits per heavy atom. The summed E-state index contributed by atoms with van der Waals surface area (Å²) in [5.41, 5.74) is 1.02. The van der Waals surface area contributed by atoms with E-state index in [4.69, 9.17) is 15.9 Å². The van der Waals surface area contributed by atoms with Gasteiger partial charge < -0.3 is 14.6 Å². The second-order valence-corrected chi connectivity index (χ2v) is 4.90. The molecule has 1 aromatic carbocycles. The molecule has 0 bridgehead atoms. The van der Waals surface area contributed by atoms with Crippen LogP contribution in [0, 0.1) is 12.3 Å². The minimum atomic E-state index is -0.472. The monoisotopic (exact) mass is 287 g/mol. The molecule has 1 aromatic rings. The molecule has 0 amide bonds. The zero-order chi connectivity index (χ0) is 14.9. The Morgan fingerprint density at radius 1 is 1.33 bits per heavy atom.